The van der Waals surface area contributed by atoms with Gasteiger partial charge in [0.25, 0.3) is 0 Å². The third-order valence-corrected chi connectivity index (χ3v) is 2.46. The van der Waals surface area contributed by atoms with Crippen LogP contribution in [0.5, 0.6) is 0 Å². The highest BCUT2D eigenvalue weighted by molar-refractivity contribution is 5.89. The summed E-state index contributed by atoms with van der Waals surface area (Å²) >= 11 is 0. The van der Waals surface area contributed by atoms with Gasteiger partial charge in [0.15, 0.2) is 0 Å². The Balaban J connectivity index is 2.17. The van der Waals surface area contributed by atoms with Crippen LogP contribution in [-0.4, -0.2) is 35.1 Å². The zero-order valence-electron chi connectivity index (χ0n) is 6.41. The van der Waals surface area contributed by atoms with Gasteiger partial charge in [0.2, 0.25) is 5.91 Å². The minimum atomic E-state index is -0.957. The van der Waals surface area contributed by atoms with E-state index in [0.717, 1.165) is 12.8 Å². The maximum absolute atomic E-state index is 11.1. The number of aliphatic carboxylic acids is 1. The molecule has 2 bridgehead atoms. The largest absolute Gasteiger partial charge is 0.480 e. The summed E-state index contributed by atoms with van der Waals surface area (Å²) in [6.45, 7) is 0. The Kier molecular flexibility index (Phi) is 1.54. The van der Waals surface area contributed by atoms with Crippen molar-refractivity contribution in [3.63, 3.8) is 0 Å². The predicted octanol–water partition coefficient (Wildman–Crippen LogP) is -1.31. The van der Waals surface area contributed by atoms with Crippen LogP contribution in [0.25, 0.3) is 0 Å². The molecule has 2 heterocycles. The van der Waals surface area contributed by atoms with Gasteiger partial charge in [-0.3, -0.25) is 4.79 Å². The van der Waals surface area contributed by atoms with Crippen molar-refractivity contribution in [1.82, 2.24) is 10.6 Å². The number of carboxylic acids is 1. The number of fused-ring (bicyclic) bond motifs is 2. The lowest BCUT2D eigenvalue weighted by Gasteiger charge is -2.27. The molecule has 3 N–H and O–H groups in total. The summed E-state index contributed by atoms with van der Waals surface area (Å²) in [5.74, 6) is -1.14. The van der Waals surface area contributed by atoms with E-state index in [1.165, 1.54) is 0 Å². The molecule has 0 aromatic heterocycles. The fraction of sp³-hybridized carbons (Fsp3) is 0.714. The number of hydrogen-bond donors (Lipinski definition) is 3. The molecule has 66 valence electrons. The maximum atomic E-state index is 11.1. The van der Waals surface area contributed by atoms with Gasteiger partial charge in [-0.15, -0.1) is 0 Å². The molecule has 0 unspecified atom stereocenters. The first-order valence-corrected chi connectivity index (χ1v) is 3.98. The average Bonchev–Trinajstić information content (AvgIpc) is 2.42. The van der Waals surface area contributed by atoms with E-state index in [4.69, 9.17) is 5.11 Å². The number of piperazine rings is 1. The first-order valence-electron chi connectivity index (χ1n) is 3.98. The first-order chi connectivity index (χ1) is 5.68. The molecule has 3 atom stereocenters. The molecule has 2 aliphatic rings. The molecule has 2 rings (SSSR count). The number of hydrogen-bond acceptors (Lipinski definition) is 3. The van der Waals surface area contributed by atoms with Gasteiger partial charge in [0.1, 0.15) is 6.04 Å². The van der Waals surface area contributed by atoms with E-state index < -0.39 is 12.0 Å². The number of carbonyl (C=O) groups excluding carboxylic acids is 1. The van der Waals surface area contributed by atoms with Gasteiger partial charge < -0.3 is 15.7 Å². The van der Waals surface area contributed by atoms with Gasteiger partial charge in [-0.05, 0) is 12.8 Å². The molecule has 5 heteroatoms. The van der Waals surface area contributed by atoms with Crippen molar-refractivity contribution in [3.8, 4) is 0 Å². The summed E-state index contributed by atoms with van der Waals surface area (Å²) < 4.78 is 0. The molecule has 0 aromatic rings. The zero-order chi connectivity index (χ0) is 8.72. The molecule has 0 spiro atoms. The van der Waals surface area contributed by atoms with Gasteiger partial charge in [-0.2, -0.15) is 0 Å². The Hall–Kier alpha value is -1.10. The Morgan fingerprint density at radius 2 is 2.25 bits per heavy atom. The van der Waals surface area contributed by atoms with Crippen molar-refractivity contribution in [2.75, 3.05) is 0 Å². The minimum Gasteiger partial charge on any atom is -0.480 e. The van der Waals surface area contributed by atoms with Crippen molar-refractivity contribution in [1.29, 1.82) is 0 Å². The third-order valence-electron chi connectivity index (χ3n) is 2.46. The normalized spacial score (nSPS) is 39.3. The predicted molar refractivity (Wildman–Crippen MR) is 39.5 cm³/mol. The van der Waals surface area contributed by atoms with E-state index in [1.807, 2.05) is 0 Å². The molecular formula is C7H10N2O3. The SMILES string of the molecule is O=C1N[C@@H](C(=O)O)[C@H]2CC[C@@H]1N2. The lowest BCUT2D eigenvalue weighted by Crippen LogP contribution is -2.61. The average molecular weight is 170 g/mol. The van der Waals surface area contributed by atoms with E-state index in [1.54, 1.807) is 0 Å². The van der Waals surface area contributed by atoms with E-state index in [9.17, 15) is 9.59 Å². The number of rotatable bonds is 1. The molecule has 0 radical (unpaired) electrons. The fourth-order valence-electron chi connectivity index (χ4n) is 1.83. The van der Waals surface area contributed by atoms with Crippen LogP contribution in [-0.2, 0) is 9.59 Å². The Morgan fingerprint density at radius 1 is 1.50 bits per heavy atom. The lowest BCUT2D eigenvalue weighted by molar-refractivity contribution is -0.144. The van der Waals surface area contributed by atoms with Gasteiger partial charge in [-0.1, -0.05) is 0 Å². The quantitative estimate of drug-likeness (QED) is 0.456. The summed E-state index contributed by atoms with van der Waals surface area (Å²) in [5.41, 5.74) is 0. The van der Waals surface area contributed by atoms with Gasteiger partial charge in [-0.25, -0.2) is 4.79 Å². The Labute approximate surface area is 69.1 Å². The number of carbonyl (C=O) groups is 2. The van der Waals surface area contributed by atoms with Crippen LogP contribution in [0.1, 0.15) is 12.8 Å². The van der Waals surface area contributed by atoms with Crippen LogP contribution in [0.2, 0.25) is 0 Å². The summed E-state index contributed by atoms with van der Waals surface area (Å²) in [4.78, 5) is 21.8. The molecule has 12 heavy (non-hydrogen) atoms. The highest BCUT2D eigenvalue weighted by Crippen LogP contribution is 2.20. The standard InChI is InChI=1S/C7H10N2O3/c10-6-4-2-1-3(8-4)5(9-6)7(11)12/h3-5,8H,1-2H2,(H,9,10)(H,11,12)/t3-,4+,5-/m1/s1. The molecule has 2 saturated heterocycles. The topological polar surface area (TPSA) is 78.4 Å². The Morgan fingerprint density at radius 3 is 2.92 bits per heavy atom. The molecule has 0 aliphatic carbocycles. The van der Waals surface area contributed by atoms with Gasteiger partial charge in [0, 0.05) is 6.04 Å². The Bertz CT molecular complexity index is 241. The second-order valence-electron chi connectivity index (χ2n) is 3.23. The van der Waals surface area contributed by atoms with E-state index in [0.29, 0.717) is 0 Å². The maximum Gasteiger partial charge on any atom is 0.327 e. The minimum absolute atomic E-state index is 0.0785. The van der Waals surface area contributed by atoms with Crippen molar-refractivity contribution >= 4 is 11.9 Å². The van der Waals surface area contributed by atoms with Crippen LogP contribution in [0, 0.1) is 0 Å². The second-order valence-corrected chi connectivity index (χ2v) is 3.23. The molecule has 2 aliphatic heterocycles. The fourth-order valence-corrected chi connectivity index (χ4v) is 1.83. The van der Waals surface area contributed by atoms with Crippen molar-refractivity contribution in [2.45, 2.75) is 31.0 Å². The highest BCUT2D eigenvalue weighted by Gasteiger charge is 2.43. The summed E-state index contributed by atoms with van der Waals surface area (Å²) in [6.07, 6.45) is 1.51. The first kappa shape index (κ1) is 7.54. The van der Waals surface area contributed by atoms with Crippen molar-refractivity contribution in [3.05, 3.63) is 0 Å². The monoisotopic (exact) mass is 170 g/mol. The second kappa shape index (κ2) is 2.45. The van der Waals surface area contributed by atoms with Crippen LogP contribution < -0.4 is 10.6 Å². The summed E-state index contributed by atoms with van der Waals surface area (Å²) in [6, 6.07) is -0.980. The van der Waals surface area contributed by atoms with Crippen LogP contribution in [0.15, 0.2) is 0 Å². The summed E-state index contributed by atoms with van der Waals surface area (Å²) in [7, 11) is 0. The molecule has 1 amide bonds. The van der Waals surface area contributed by atoms with Crippen LogP contribution in [0.4, 0.5) is 0 Å². The number of nitrogens with one attached hydrogen (secondary N) is 2. The molecular weight excluding hydrogens is 160 g/mol. The van der Waals surface area contributed by atoms with E-state index in [-0.39, 0.29) is 18.0 Å². The molecule has 0 aromatic carbocycles. The van der Waals surface area contributed by atoms with Gasteiger partial charge >= 0.3 is 5.97 Å². The molecule has 0 saturated carbocycles. The van der Waals surface area contributed by atoms with Crippen molar-refractivity contribution < 1.29 is 14.7 Å². The smallest absolute Gasteiger partial charge is 0.327 e. The van der Waals surface area contributed by atoms with E-state index >= 15 is 0 Å². The van der Waals surface area contributed by atoms with Crippen molar-refractivity contribution in [2.24, 2.45) is 0 Å². The molecule has 5 nitrogen and oxygen atoms in total. The van der Waals surface area contributed by atoms with Crippen LogP contribution >= 0.6 is 0 Å². The van der Waals surface area contributed by atoms with Gasteiger partial charge in [0.05, 0.1) is 6.04 Å². The number of amides is 1. The summed E-state index contributed by atoms with van der Waals surface area (Å²) in [5, 5.41) is 14.2. The highest BCUT2D eigenvalue weighted by atomic mass is 16.4. The molecule has 2 fully saturated rings. The van der Waals surface area contributed by atoms with E-state index in [2.05, 4.69) is 10.6 Å². The zero-order valence-corrected chi connectivity index (χ0v) is 6.41. The van der Waals surface area contributed by atoms with Crippen LogP contribution in [0.3, 0.4) is 0 Å². The number of carboxylic acid groups (broad SMARTS) is 1. The lowest BCUT2D eigenvalue weighted by atomic mass is 10.1. The third kappa shape index (κ3) is 0.972.